The molecule has 6 heteroatoms. The fourth-order valence-electron chi connectivity index (χ4n) is 3.42. The Balaban J connectivity index is 1.64. The van der Waals surface area contributed by atoms with Crippen LogP contribution in [-0.4, -0.2) is 29.1 Å². The van der Waals surface area contributed by atoms with E-state index in [1.807, 2.05) is 4.90 Å². The third-order valence-electron chi connectivity index (χ3n) is 4.55. The average Bonchev–Trinajstić information content (AvgIpc) is 2.46. The summed E-state index contributed by atoms with van der Waals surface area (Å²) in [6, 6.07) is 0.349. The van der Waals surface area contributed by atoms with Gasteiger partial charge in [-0.3, -0.25) is 4.79 Å². The molecule has 0 aromatic carbocycles. The van der Waals surface area contributed by atoms with E-state index in [1.54, 1.807) is 0 Å². The summed E-state index contributed by atoms with van der Waals surface area (Å²) < 4.78 is 38.7. The molecule has 0 aromatic rings. The van der Waals surface area contributed by atoms with Crippen molar-refractivity contribution in [3.63, 3.8) is 0 Å². The van der Waals surface area contributed by atoms with Crippen molar-refractivity contribution >= 4 is 28.5 Å². The number of halogens is 4. The standard InChI is InChI=1S/C13H15F3INO/c14-13(15,16)8-3-7(4-8)12(19)18-10-1-2-11(18)6-9(17)5-10/h5,7-8,10-11H,1-4,6H2/t7-,8-,10?,11?. The van der Waals surface area contributed by atoms with Crippen molar-refractivity contribution in [2.45, 2.75) is 50.4 Å². The minimum atomic E-state index is -4.13. The lowest BCUT2D eigenvalue weighted by Crippen LogP contribution is -2.50. The van der Waals surface area contributed by atoms with Crippen LogP contribution in [0.4, 0.5) is 13.2 Å². The lowest BCUT2D eigenvalue weighted by Gasteiger charge is -2.41. The van der Waals surface area contributed by atoms with Crippen LogP contribution in [0.2, 0.25) is 0 Å². The van der Waals surface area contributed by atoms with Crippen LogP contribution in [0.3, 0.4) is 0 Å². The Morgan fingerprint density at radius 2 is 2.00 bits per heavy atom. The van der Waals surface area contributed by atoms with Gasteiger partial charge in [-0.1, -0.05) is 6.08 Å². The molecular weight excluding hydrogens is 370 g/mol. The maximum atomic E-state index is 12.5. The molecule has 106 valence electrons. The molecule has 0 radical (unpaired) electrons. The van der Waals surface area contributed by atoms with Crippen molar-refractivity contribution < 1.29 is 18.0 Å². The van der Waals surface area contributed by atoms with E-state index in [0.717, 1.165) is 19.3 Å². The van der Waals surface area contributed by atoms with Gasteiger partial charge in [0.25, 0.3) is 0 Å². The zero-order chi connectivity index (χ0) is 13.8. The highest BCUT2D eigenvalue weighted by Crippen LogP contribution is 2.47. The van der Waals surface area contributed by atoms with Gasteiger partial charge in [0.1, 0.15) is 0 Å². The highest BCUT2D eigenvalue weighted by atomic mass is 127. The number of hydrogen-bond donors (Lipinski definition) is 0. The van der Waals surface area contributed by atoms with Gasteiger partial charge in [-0.2, -0.15) is 13.2 Å². The van der Waals surface area contributed by atoms with Gasteiger partial charge in [-0.25, -0.2) is 0 Å². The summed E-state index contributed by atoms with van der Waals surface area (Å²) in [4.78, 5) is 14.2. The molecule has 2 bridgehead atoms. The predicted octanol–water partition coefficient (Wildman–Crippen LogP) is 3.66. The Labute approximate surface area is 123 Å². The molecule has 3 aliphatic rings. The molecule has 2 atom stereocenters. The SMILES string of the molecule is O=C([C@H]1C[C@H](C(F)(F)F)C1)N1C2C=C(I)CC1CC2. The summed E-state index contributed by atoms with van der Waals surface area (Å²) in [7, 11) is 0. The molecule has 1 saturated carbocycles. The molecule has 0 N–H and O–H groups in total. The third kappa shape index (κ3) is 2.40. The quantitative estimate of drug-likeness (QED) is 0.631. The van der Waals surface area contributed by atoms with E-state index in [2.05, 4.69) is 28.7 Å². The number of nitrogens with zero attached hydrogens (tertiary/aromatic N) is 1. The molecule has 1 saturated heterocycles. The Morgan fingerprint density at radius 3 is 2.58 bits per heavy atom. The van der Waals surface area contributed by atoms with Crippen molar-refractivity contribution in [2.24, 2.45) is 11.8 Å². The van der Waals surface area contributed by atoms with Gasteiger partial charge < -0.3 is 4.90 Å². The number of fused-ring (bicyclic) bond motifs is 2. The topological polar surface area (TPSA) is 20.3 Å². The zero-order valence-electron chi connectivity index (χ0n) is 10.3. The van der Waals surface area contributed by atoms with Crippen molar-refractivity contribution in [3.05, 3.63) is 9.66 Å². The number of rotatable bonds is 1. The van der Waals surface area contributed by atoms with Crippen LogP contribution in [0.15, 0.2) is 9.66 Å². The molecule has 0 spiro atoms. The van der Waals surface area contributed by atoms with Crippen LogP contribution in [-0.2, 0) is 4.79 Å². The van der Waals surface area contributed by atoms with Crippen LogP contribution in [0.5, 0.6) is 0 Å². The fraction of sp³-hybridized carbons (Fsp3) is 0.769. The van der Waals surface area contributed by atoms with Crippen LogP contribution in [0.1, 0.15) is 32.1 Å². The second-order valence-electron chi connectivity index (χ2n) is 5.77. The molecule has 2 fully saturated rings. The number of carbonyl (C=O) groups excluding carboxylic acids is 1. The van der Waals surface area contributed by atoms with E-state index >= 15 is 0 Å². The first kappa shape index (κ1) is 13.7. The molecule has 19 heavy (non-hydrogen) atoms. The van der Waals surface area contributed by atoms with E-state index < -0.39 is 18.0 Å². The van der Waals surface area contributed by atoms with E-state index in [1.165, 1.54) is 3.58 Å². The normalized spacial score (nSPS) is 37.9. The first-order valence-electron chi connectivity index (χ1n) is 6.61. The largest absolute Gasteiger partial charge is 0.391 e. The summed E-state index contributed by atoms with van der Waals surface area (Å²) >= 11 is 2.29. The maximum absolute atomic E-state index is 12.5. The molecule has 2 heterocycles. The van der Waals surface area contributed by atoms with Gasteiger partial charge in [0.15, 0.2) is 0 Å². The molecule has 3 rings (SSSR count). The molecule has 1 aliphatic carbocycles. The minimum absolute atomic E-state index is 0.0148. The highest BCUT2D eigenvalue weighted by Gasteiger charge is 2.52. The van der Waals surface area contributed by atoms with Gasteiger partial charge in [-0.15, -0.1) is 0 Å². The van der Waals surface area contributed by atoms with Crippen molar-refractivity contribution in [2.75, 3.05) is 0 Å². The van der Waals surface area contributed by atoms with Gasteiger partial charge in [0.05, 0.1) is 12.0 Å². The van der Waals surface area contributed by atoms with E-state index in [0.29, 0.717) is 0 Å². The molecular formula is C13H15F3INO. The van der Waals surface area contributed by atoms with Gasteiger partial charge >= 0.3 is 6.18 Å². The first-order valence-corrected chi connectivity index (χ1v) is 7.69. The lowest BCUT2D eigenvalue weighted by molar-refractivity contribution is -0.206. The maximum Gasteiger partial charge on any atom is 0.391 e. The van der Waals surface area contributed by atoms with Gasteiger partial charge in [0.2, 0.25) is 5.91 Å². The number of hydrogen-bond acceptors (Lipinski definition) is 1. The Kier molecular flexibility index (Phi) is 3.34. The molecule has 2 unspecified atom stereocenters. The summed E-state index contributed by atoms with van der Waals surface area (Å²) in [5.41, 5.74) is 0. The second-order valence-corrected chi connectivity index (χ2v) is 7.15. The van der Waals surface area contributed by atoms with Crippen molar-refractivity contribution in [1.82, 2.24) is 4.90 Å². The molecule has 2 nitrogen and oxygen atoms in total. The Morgan fingerprint density at radius 1 is 1.32 bits per heavy atom. The third-order valence-corrected chi connectivity index (χ3v) is 5.35. The van der Waals surface area contributed by atoms with Crippen LogP contribution in [0, 0.1) is 11.8 Å². The Bertz CT molecular complexity index is 428. The lowest BCUT2D eigenvalue weighted by atomic mass is 9.73. The molecule has 1 amide bonds. The summed E-state index contributed by atoms with van der Waals surface area (Å²) in [5.74, 6) is -1.72. The number of amides is 1. The first-order chi connectivity index (χ1) is 8.86. The van der Waals surface area contributed by atoms with Gasteiger partial charge in [-0.05, 0) is 58.3 Å². The van der Waals surface area contributed by atoms with Crippen molar-refractivity contribution in [3.8, 4) is 0 Å². The summed E-state index contributed by atoms with van der Waals surface area (Å²) in [5, 5.41) is 0. The van der Waals surface area contributed by atoms with Gasteiger partial charge in [0, 0.05) is 12.0 Å². The highest BCUT2D eigenvalue weighted by molar-refractivity contribution is 14.1. The summed E-state index contributed by atoms with van der Waals surface area (Å²) in [6.45, 7) is 0. The van der Waals surface area contributed by atoms with E-state index in [-0.39, 0.29) is 30.8 Å². The smallest absolute Gasteiger partial charge is 0.333 e. The fourth-order valence-corrected chi connectivity index (χ4v) is 4.34. The Hall–Kier alpha value is -0.270. The predicted molar refractivity (Wildman–Crippen MR) is 72.6 cm³/mol. The zero-order valence-corrected chi connectivity index (χ0v) is 12.4. The number of alkyl halides is 3. The number of carbonyl (C=O) groups is 1. The van der Waals surface area contributed by atoms with Crippen LogP contribution in [0.25, 0.3) is 0 Å². The molecule has 2 aliphatic heterocycles. The van der Waals surface area contributed by atoms with Crippen molar-refractivity contribution in [1.29, 1.82) is 0 Å². The average molecular weight is 385 g/mol. The molecule has 0 aromatic heterocycles. The van der Waals surface area contributed by atoms with E-state index in [9.17, 15) is 18.0 Å². The van der Waals surface area contributed by atoms with Crippen LogP contribution >= 0.6 is 22.6 Å². The summed E-state index contributed by atoms with van der Waals surface area (Å²) in [6.07, 6.45) is 0.748. The van der Waals surface area contributed by atoms with E-state index in [4.69, 9.17) is 0 Å². The monoisotopic (exact) mass is 385 g/mol. The second kappa shape index (κ2) is 4.63. The van der Waals surface area contributed by atoms with Crippen LogP contribution < -0.4 is 0 Å². The minimum Gasteiger partial charge on any atom is -0.333 e.